The Hall–Kier alpha value is -1.55. The van der Waals surface area contributed by atoms with E-state index in [1.54, 1.807) is 16.8 Å². The van der Waals surface area contributed by atoms with E-state index in [2.05, 4.69) is 33.9 Å². The normalized spacial score (nSPS) is 16.4. The number of aryl methyl sites for hydroxylation is 1. The summed E-state index contributed by atoms with van der Waals surface area (Å²) in [5.41, 5.74) is 2.00. The number of aromatic nitrogens is 3. The van der Waals surface area contributed by atoms with Gasteiger partial charge in [0.25, 0.3) is 5.82 Å². The van der Waals surface area contributed by atoms with E-state index in [1.165, 1.54) is 5.56 Å². The molecule has 0 radical (unpaired) electrons. The number of nitrogens with zero attached hydrogens (tertiary/aromatic N) is 3. The molecular formula is C18H15Cl3N3+. The third-order valence-corrected chi connectivity index (χ3v) is 5.17. The van der Waals surface area contributed by atoms with Gasteiger partial charge in [0.2, 0.25) is 6.33 Å². The predicted molar refractivity (Wildman–Crippen MR) is 96.3 cm³/mol. The molecule has 0 amide bonds. The van der Waals surface area contributed by atoms with Crippen molar-refractivity contribution < 1.29 is 4.57 Å². The minimum Gasteiger partial charge on any atom is -0.231 e. The van der Waals surface area contributed by atoms with Crippen molar-refractivity contribution in [2.75, 3.05) is 0 Å². The van der Waals surface area contributed by atoms with E-state index in [1.807, 2.05) is 12.4 Å². The minimum atomic E-state index is 0.404. The largest absolute Gasteiger partial charge is 0.278 e. The average Bonchev–Trinajstić information content (AvgIpc) is 3.09. The molecule has 0 bridgehead atoms. The van der Waals surface area contributed by atoms with E-state index in [-0.39, 0.29) is 0 Å². The summed E-state index contributed by atoms with van der Waals surface area (Å²) in [6.07, 6.45) is 5.02. The predicted octanol–water partition coefficient (Wildman–Crippen LogP) is 4.85. The van der Waals surface area contributed by atoms with Gasteiger partial charge in [0, 0.05) is 23.0 Å². The second kappa shape index (κ2) is 6.40. The van der Waals surface area contributed by atoms with Crippen LogP contribution in [0.1, 0.15) is 23.9 Å². The maximum Gasteiger partial charge on any atom is 0.278 e. The summed E-state index contributed by atoms with van der Waals surface area (Å²) in [5.74, 6) is 1.05. The maximum atomic E-state index is 6.32. The van der Waals surface area contributed by atoms with Gasteiger partial charge in [-0.2, -0.15) is 0 Å². The van der Waals surface area contributed by atoms with Gasteiger partial charge in [-0.05, 0) is 24.1 Å². The van der Waals surface area contributed by atoms with Crippen molar-refractivity contribution in [2.45, 2.75) is 25.3 Å². The molecule has 0 saturated heterocycles. The smallest absolute Gasteiger partial charge is 0.231 e. The summed E-state index contributed by atoms with van der Waals surface area (Å²) in [6, 6.07) is 14.3. The monoisotopic (exact) mass is 378 g/mol. The van der Waals surface area contributed by atoms with E-state index < -0.39 is 0 Å². The van der Waals surface area contributed by atoms with Crippen molar-refractivity contribution in [3.05, 3.63) is 75.2 Å². The van der Waals surface area contributed by atoms with Crippen molar-refractivity contribution in [1.29, 1.82) is 0 Å². The maximum absolute atomic E-state index is 6.32. The highest BCUT2D eigenvalue weighted by Gasteiger charge is 2.32. The standard InChI is InChI=1S/C18H15Cl3N3/c19-13-9-15(20)18(16(21)10-13)24-11-23-14(6-7-17(23)22-24)8-12-4-2-1-3-5-12/h1-5,9-11,14H,6-8H2/q+1/t14-/m1/s1. The second-order valence-electron chi connectivity index (χ2n) is 5.98. The van der Waals surface area contributed by atoms with Crippen LogP contribution in [0.2, 0.25) is 15.1 Å². The zero-order valence-corrected chi connectivity index (χ0v) is 15.1. The third-order valence-electron chi connectivity index (χ3n) is 4.37. The second-order valence-corrected chi connectivity index (χ2v) is 7.23. The van der Waals surface area contributed by atoms with Crippen molar-refractivity contribution in [3.63, 3.8) is 0 Å². The summed E-state index contributed by atoms with van der Waals surface area (Å²) in [7, 11) is 0. The van der Waals surface area contributed by atoms with Crippen LogP contribution < -0.4 is 4.57 Å². The first kappa shape index (κ1) is 15.9. The molecule has 3 aromatic rings. The molecule has 1 aliphatic rings. The van der Waals surface area contributed by atoms with Gasteiger partial charge in [0.15, 0.2) is 5.69 Å². The van der Waals surface area contributed by atoms with Crippen molar-refractivity contribution >= 4 is 34.8 Å². The summed E-state index contributed by atoms with van der Waals surface area (Å²) >= 11 is 18.6. The molecule has 122 valence electrons. The van der Waals surface area contributed by atoms with E-state index in [4.69, 9.17) is 34.8 Å². The molecule has 4 rings (SSSR count). The molecule has 0 fully saturated rings. The number of hydrogen-bond acceptors (Lipinski definition) is 1. The minimum absolute atomic E-state index is 0.404. The summed E-state index contributed by atoms with van der Waals surface area (Å²) < 4.78 is 3.99. The Kier molecular flexibility index (Phi) is 4.25. The lowest BCUT2D eigenvalue weighted by Crippen LogP contribution is -2.37. The first-order valence-corrected chi connectivity index (χ1v) is 8.94. The van der Waals surface area contributed by atoms with Gasteiger partial charge in [0.05, 0.1) is 16.1 Å². The highest BCUT2D eigenvalue weighted by molar-refractivity contribution is 6.40. The van der Waals surface area contributed by atoms with E-state index in [9.17, 15) is 0 Å². The molecular weight excluding hydrogens is 365 g/mol. The number of hydrogen-bond donors (Lipinski definition) is 0. The lowest BCUT2D eigenvalue weighted by atomic mass is 10.0. The van der Waals surface area contributed by atoms with Gasteiger partial charge in [-0.3, -0.25) is 0 Å². The molecule has 1 aliphatic heterocycles. The molecule has 2 aromatic carbocycles. The lowest BCUT2D eigenvalue weighted by Gasteiger charge is -2.08. The van der Waals surface area contributed by atoms with Gasteiger partial charge >= 0.3 is 0 Å². The fraction of sp³-hybridized carbons (Fsp3) is 0.222. The van der Waals surface area contributed by atoms with Gasteiger partial charge in [-0.1, -0.05) is 69.8 Å². The first-order valence-electron chi connectivity index (χ1n) is 7.80. The zero-order valence-electron chi connectivity index (χ0n) is 12.8. The Labute approximate surface area is 155 Å². The Morgan fingerprint density at radius 1 is 1.08 bits per heavy atom. The number of halogens is 3. The molecule has 3 nitrogen and oxygen atoms in total. The van der Waals surface area contributed by atoms with E-state index in [0.29, 0.717) is 26.8 Å². The molecule has 2 heterocycles. The Bertz CT molecular complexity index is 867. The fourth-order valence-electron chi connectivity index (χ4n) is 3.25. The number of fused-ring (bicyclic) bond motifs is 1. The van der Waals surface area contributed by atoms with Crippen LogP contribution in [-0.2, 0) is 12.8 Å². The Morgan fingerprint density at radius 3 is 2.50 bits per heavy atom. The Balaban J connectivity index is 1.68. The van der Waals surface area contributed by atoms with Crippen LogP contribution in [-0.4, -0.2) is 9.78 Å². The number of benzene rings is 2. The molecule has 6 heteroatoms. The van der Waals surface area contributed by atoms with Crippen LogP contribution in [0.3, 0.4) is 0 Å². The van der Waals surface area contributed by atoms with E-state index >= 15 is 0 Å². The summed E-state index contributed by atoms with van der Waals surface area (Å²) in [5, 5.41) is 6.18. The summed E-state index contributed by atoms with van der Waals surface area (Å²) in [6.45, 7) is 0. The topological polar surface area (TPSA) is 21.7 Å². The molecule has 1 aromatic heterocycles. The van der Waals surface area contributed by atoms with E-state index in [0.717, 1.165) is 25.1 Å². The fourth-order valence-corrected chi connectivity index (χ4v) is 4.24. The molecule has 0 unspecified atom stereocenters. The Morgan fingerprint density at radius 2 is 1.79 bits per heavy atom. The van der Waals surface area contributed by atoms with Gasteiger partial charge in [-0.15, -0.1) is 0 Å². The van der Waals surface area contributed by atoms with Crippen LogP contribution in [0.15, 0.2) is 48.8 Å². The SMILES string of the molecule is Clc1cc(Cl)c(-n2c[n+]3c(n2)CC[C@@H]3Cc2ccccc2)c(Cl)c1. The van der Waals surface area contributed by atoms with Crippen molar-refractivity contribution in [1.82, 2.24) is 9.78 Å². The van der Waals surface area contributed by atoms with Gasteiger partial charge in [0.1, 0.15) is 0 Å². The van der Waals surface area contributed by atoms with Gasteiger partial charge in [-0.25, -0.2) is 4.57 Å². The highest BCUT2D eigenvalue weighted by Crippen LogP contribution is 2.32. The van der Waals surface area contributed by atoms with Crippen LogP contribution >= 0.6 is 34.8 Å². The number of rotatable bonds is 3. The van der Waals surface area contributed by atoms with Crippen LogP contribution in [0.4, 0.5) is 0 Å². The zero-order chi connectivity index (χ0) is 16.7. The van der Waals surface area contributed by atoms with Gasteiger partial charge < -0.3 is 0 Å². The molecule has 0 spiro atoms. The molecule has 1 atom stereocenters. The lowest BCUT2D eigenvalue weighted by molar-refractivity contribution is -0.716. The summed E-state index contributed by atoms with van der Waals surface area (Å²) in [4.78, 5) is 0. The van der Waals surface area contributed by atoms with Crippen molar-refractivity contribution in [2.24, 2.45) is 0 Å². The van der Waals surface area contributed by atoms with Crippen LogP contribution in [0, 0.1) is 0 Å². The quantitative estimate of drug-likeness (QED) is 0.596. The van der Waals surface area contributed by atoms with Crippen LogP contribution in [0.5, 0.6) is 0 Å². The third kappa shape index (κ3) is 2.92. The molecule has 24 heavy (non-hydrogen) atoms. The molecule has 0 aliphatic carbocycles. The molecule has 0 N–H and O–H groups in total. The highest BCUT2D eigenvalue weighted by atomic mass is 35.5. The first-order chi connectivity index (χ1) is 11.6. The van der Waals surface area contributed by atoms with Crippen molar-refractivity contribution in [3.8, 4) is 5.69 Å². The van der Waals surface area contributed by atoms with Crippen LogP contribution in [0.25, 0.3) is 5.69 Å². The molecule has 0 saturated carbocycles. The average molecular weight is 380 g/mol.